The van der Waals surface area contributed by atoms with Crippen molar-refractivity contribution in [2.75, 3.05) is 5.73 Å². The van der Waals surface area contributed by atoms with E-state index in [0.717, 1.165) is 31.2 Å². The van der Waals surface area contributed by atoms with Crippen molar-refractivity contribution < 1.29 is 8.78 Å². The van der Waals surface area contributed by atoms with Crippen molar-refractivity contribution in [2.45, 2.75) is 70.0 Å². The van der Waals surface area contributed by atoms with Crippen molar-refractivity contribution in [3.63, 3.8) is 0 Å². The smallest absolute Gasteiger partial charge is 0.144 e. The van der Waals surface area contributed by atoms with Crippen LogP contribution in [0, 0.1) is 11.8 Å². The lowest BCUT2D eigenvalue weighted by atomic mass is 9.67. The molecule has 2 aliphatic carbocycles. The highest BCUT2D eigenvalue weighted by molar-refractivity contribution is 5.77. The summed E-state index contributed by atoms with van der Waals surface area (Å²) in [5.41, 5.74) is 12.5. The Labute approximate surface area is 161 Å². The first-order valence-electron chi connectivity index (χ1n) is 10.3. The first kappa shape index (κ1) is 20.1. The van der Waals surface area contributed by atoms with Gasteiger partial charge in [-0.3, -0.25) is 0 Å². The molecule has 0 amide bonds. The van der Waals surface area contributed by atoms with Crippen LogP contribution in [0.1, 0.15) is 63.9 Å². The molecule has 2 aliphatic rings. The predicted octanol–water partition coefficient (Wildman–Crippen LogP) is 5.94. The molecule has 2 atom stereocenters. The highest BCUT2D eigenvalue weighted by Gasteiger charge is 2.48. The van der Waals surface area contributed by atoms with Crippen LogP contribution in [0.3, 0.4) is 0 Å². The molecular formula is C23H32F2N2. The zero-order valence-electron chi connectivity index (χ0n) is 16.3. The molecule has 0 heterocycles. The summed E-state index contributed by atoms with van der Waals surface area (Å²) < 4.78 is 30.2. The Hall–Kier alpha value is -1.68. The van der Waals surface area contributed by atoms with Gasteiger partial charge in [0.2, 0.25) is 0 Å². The molecule has 1 aromatic rings. The molecular weight excluding hydrogens is 342 g/mol. The second-order valence-corrected chi connectivity index (χ2v) is 8.28. The fourth-order valence-corrected chi connectivity index (χ4v) is 4.62. The van der Waals surface area contributed by atoms with Gasteiger partial charge in [-0.1, -0.05) is 57.6 Å². The lowest BCUT2D eigenvalue weighted by Crippen LogP contribution is -2.56. The molecule has 27 heavy (non-hydrogen) atoms. The maximum atomic E-state index is 15.1. The van der Waals surface area contributed by atoms with E-state index in [1.165, 1.54) is 37.8 Å². The molecule has 0 saturated heterocycles. The summed E-state index contributed by atoms with van der Waals surface area (Å²) in [4.78, 5) is 0. The van der Waals surface area contributed by atoms with Crippen LogP contribution >= 0.6 is 0 Å². The van der Waals surface area contributed by atoms with Gasteiger partial charge in [-0.25, -0.2) is 8.78 Å². The van der Waals surface area contributed by atoms with E-state index in [1.807, 2.05) is 0 Å². The fourth-order valence-electron chi connectivity index (χ4n) is 4.62. The number of hydrogen-bond donors (Lipinski definition) is 2. The van der Waals surface area contributed by atoms with Crippen LogP contribution < -0.4 is 11.5 Å². The monoisotopic (exact) mass is 374 g/mol. The van der Waals surface area contributed by atoms with Crippen LogP contribution in [0.25, 0.3) is 5.57 Å². The number of allylic oxidation sites excluding steroid dienone is 2. The van der Waals surface area contributed by atoms with E-state index < -0.39 is 17.5 Å². The van der Waals surface area contributed by atoms with Crippen molar-refractivity contribution in [3.05, 3.63) is 47.8 Å². The summed E-state index contributed by atoms with van der Waals surface area (Å²) in [5, 5.41) is 0. The van der Waals surface area contributed by atoms with Gasteiger partial charge in [-0.05, 0) is 60.1 Å². The summed E-state index contributed by atoms with van der Waals surface area (Å²) in [6.45, 7) is 2.21. The molecule has 3 rings (SSSR count). The molecule has 148 valence electrons. The zero-order valence-corrected chi connectivity index (χ0v) is 16.3. The van der Waals surface area contributed by atoms with Gasteiger partial charge < -0.3 is 11.5 Å². The van der Waals surface area contributed by atoms with Crippen molar-refractivity contribution in [2.24, 2.45) is 17.6 Å². The van der Waals surface area contributed by atoms with E-state index in [2.05, 4.69) is 6.92 Å². The molecule has 0 bridgehead atoms. The van der Waals surface area contributed by atoms with Gasteiger partial charge in [0.25, 0.3) is 0 Å². The maximum Gasteiger partial charge on any atom is 0.144 e. The summed E-state index contributed by atoms with van der Waals surface area (Å²) in [7, 11) is 0. The van der Waals surface area contributed by atoms with Crippen molar-refractivity contribution in [1.29, 1.82) is 0 Å². The highest BCUT2D eigenvalue weighted by atomic mass is 19.1. The van der Waals surface area contributed by atoms with Gasteiger partial charge in [0.1, 0.15) is 17.5 Å². The first-order valence-corrected chi connectivity index (χ1v) is 10.3. The molecule has 0 aromatic heterocycles. The average molecular weight is 375 g/mol. The van der Waals surface area contributed by atoms with E-state index in [0.29, 0.717) is 17.2 Å². The molecule has 1 aromatic carbocycles. The summed E-state index contributed by atoms with van der Waals surface area (Å²) in [6.07, 6.45) is 10.0. The molecule has 0 radical (unpaired) electrons. The quantitative estimate of drug-likeness (QED) is 0.478. The number of rotatable bonds is 6. The molecule has 1 fully saturated rings. The number of nitrogen functional groups attached to an aromatic ring is 1. The fraction of sp³-hybridized carbons (Fsp3) is 0.565. The lowest BCUT2D eigenvalue weighted by Gasteiger charge is -2.43. The van der Waals surface area contributed by atoms with Gasteiger partial charge in [-0.2, -0.15) is 0 Å². The Morgan fingerprint density at radius 1 is 1.07 bits per heavy atom. The standard InChI is InChI=1S/C23H32F2N2/c1-2-3-4-5-16-6-10-19(11-7-16)23(27)21(24)14-18(15-22(23)25)17-8-12-20(26)13-9-17/h8-9,12-16,19,21H,2-7,10-11,26-27H2,1H3/t16-,19-,21?,23?. The summed E-state index contributed by atoms with van der Waals surface area (Å²) in [6, 6.07) is 7.03. The van der Waals surface area contributed by atoms with Gasteiger partial charge in [0.15, 0.2) is 0 Å². The average Bonchev–Trinajstić information content (AvgIpc) is 2.67. The molecule has 1 saturated carbocycles. The number of hydrogen-bond acceptors (Lipinski definition) is 2. The van der Waals surface area contributed by atoms with Crippen LogP contribution in [0.15, 0.2) is 42.2 Å². The second-order valence-electron chi connectivity index (χ2n) is 8.28. The zero-order chi connectivity index (χ0) is 19.4. The van der Waals surface area contributed by atoms with Crippen molar-refractivity contribution in [1.82, 2.24) is 0 Å². The van der Waals surface area contributed by atoms with E-state index in [1.54, 1.807) is 24.3 Å². The Balaban J connectivity index is 1.68. The number of unbranched alkanes of at least 4 members (excludes halogenated alkanes) is 2. The normalized spacial score (nSPS) is 31.3. The molecule has 4 heteroatoms. The third-order valence-corrected chi connectivity index (χ3v) is 6.46. The van der Waals surface area contributed by atoms with Crippen LogP contribution in [0.4, 0.5) is 14.5 Å². The third-order valence-electron chi connectivity index (χ3n) is 6.46. The summed E-state index contributed by atoms with van der Waals surface area (Å²) in [5.74, 6) is 0.0140. The van der Waals surface area contributed by atoms with Gasteiger partial charge in [0, 0.05) is 5.69 Å². The van der Waals surface area contributed by atoms with Crippen molar-refractivity contribution in [3.8, 4) is 0 Å². The number of halogens is 2. The van der Waals surface area contributed by atoms with Crippen LogP contribution in [0.5, 0.6) is 0 Å². The van der Waals surface area contributed by atoms with Gasteiger partial charge >= 0.3 is 0 Å². The van der Waals surface area contributed by atoms with Gasteiger partial charge in [-0.15, -0.1) is 0 Å². The Kier molecular flexibility index (Phi) is 6.36. The number of benzene rings is 1. The maximum absolute atomic E-state index is 15.1. The largest absolute Gasteiger partial charge is 0.399 e. The highest BCUT2D eigenvalue weighted by Crippen LogP contribution is 2.45. The minimum absolute atomic E-state index is 0.143. The number of anilines is 1. The summed E-state index contributed by atoms with van der Waals surface area (Å²) >= 11 is 0. The molecule has 0 spiro atoms. The second kappa shape index (κ2) is 8.55. The Morgan fingerprint density at radius 2 is 1.74 bits per heavy atom. The third kappa shape index (κ3) is 4.26. The van der Waals surface area contributed by atoms with E-state index in [9.17, 15) is 0 Å². The minimum atomic E-state index is -1.52. The van der Waals surface area contributed by atoms with Crippen LogP contribution in [-0.4, -0.2) is 11.7 Å². The first-order chi connectivity index (χ1) is 12.9. The molecule has 0 aliphatic heterocycles. The van der Waals surface area contributed by atoms with Crippen LogP contribution in [-0.2, 0) is 0 Å². The van der Waals surface area contributed by atoms with Crippen molar-refractivity contribution >= 4 is 11.3 Å². The lowest BCUT2D eigenvalue weighted by molar-refractivity contribution is 0.114. The van der Waals surface area contributed by atoms with E-state index in [-0.39, 0.29) is 5.92 Å². The SMILES string of the molecule is CCCCC[C@H]1CC[C@H](C2(N)C(F)=CC(c3ccc(N)cc3)=CC2F)CC1. The van der Waals surface area contributed by atoms with E-state index >= 15 is 8.78 Å². The van der Waals surface area contributed by atoms with Crippen LogP contribution in [0.2, 0.25) is 0 Å². The number of alkyl halides is 1. The predicted molar refractivity (Wildman–Crippen MR) is 109 cm³/mol. The molecule has 4 N–H and O–H groups in total. The molecule has 2 nitrogen and oxygen atoms in total. The topological polar surface area (TPSA) is 52.0 Å². The molecule has 2 unspecified atom stereocenters. The Bertz CT molecular complexity index is 687. The number of nitrogens with two attached hydrogens (primary N) is 2. The van der Waals surface area contributed by atoms with E-state index in [4.69, 9.17) is 11.5 Å². The minimum Gasteiger partial charge on any atom is -0.399 e. The Morgan fingerprint density at radius 3 is 2.33 bits per heavy atom. The van der Waals surface area contributed by atoms with Gasteiger partial charge in [0.05, 0.1) is 0 Å².